The molecular formula is C84H44N4Pd. The zero-order valence-electron chi connectivity index (χ0n) is 47.5. The number of nitrogens with zero attached hydrogens (tertiary/aromatic N) is 4. The number of hydrogen-bond acceptors (Lipinski definition) is 2. The Labute approximate surface area is 527 Å². The first-order chi connectivity index (χ1) is 43.6. The average Bonchev–Trinajstić information content (AvgIpc) is 1.66. The molecule has 2 aromatic heterocycles. The van der Waals surface area contributed by atoms with Crippen molar-refractivity contribution in [3.8, 4) is 92.4 Å². The van der Waals surface area contributed by atoms with Crippen LogP contribution < -0.4 is 9.97 Å². The van der Waals surface area contributed by atoms with E-state index in [-0.39, 0.29) is 20.4 Å². The molecule has 410 valence electrons. The summed E-state index contributed by atoms with van der Waals surface area (Å²) in [6, 6.07) is 92.6. The van der Waals surface area contributed by atoms with E-state index in [1.807, 2.05) is 121 Å². The van der Waals surface area contributed by atoms with Crippen molar-refractivity contribution >= 4 is 86.7 Å². The predicted molar refractivity (Wildman–Crippen MR) is 363 cm³/mol. The van der Waals surface area contributed by atoms with Crippen LogP contribution in [0.1, 0.15) is 44.5 Å². The molecule has 14 aromatic rings. The Kier molecular flexibility index (Phi) is 13.0. The van der Waals surface area contributed by atoms with E-state index in [2.05, 4.69) is 193 Å². The van der Waals surface area contributed by atoms with Gasteiger partial charge in [0.2, 0.25) is 0 Å². The van der Waals surface area contributed by atoms with Gasteiger partial charge in [0.25, 0.3) is 0 Å². The second-order valence-corrected chi connectivity index (χ2v) is 22.2. The summed E-state index contributed by atoms with van der Waals surface area (Å²) in [6.45, 7) is 0. The molecule has 1 aliphatic carbocycles. The number of hydrogen-bond donors (Lipinski definition) is 0. The van der Waals surface area contributed by atoms with Crippen molar-refractivity contribution in [2.24, 2.45) is 0 Å². The van der Waals surface area contributed by atoms with Crippen molar-refractivity contribution in [1.29, 1.82) is 0 Å². The van der Waals surface area contributed by atoms with Crippen molar-refractivity contribution in [3.05, 3.63) is 311 Å². The fourth-order valence-electron chi connectivity index (χ4n) is 12.5. The summed E-state index contributed by atoms with van der Waals surface area (Å²) in [6.07, 6.45) is 0. The molecule has 4 heterocycles. The second kappa shape index (κ2) is 21.9. The molecule has 17 rings (SSSR count). The Morgan fingerprint density at radius 1 is 0.213 bits per heavy atom. The summed E-state index contributed by atoms with van der Waals surface area (Å²) in [5, 5.41) is 12.1. The molecule has 0 saturated heterocycles. The van der Waals surface area contributed by atoms with Crippen LogP contribution in [0.5, 0.6) is 0 Å². The van der Waals surface area contributed by atoms with Gasteiger partial charge in [-0.2, -0.15) is 0 Å². The van der Waals surface area contributed by atoms with Crippen molar-refractivity contribution in [2.45, 2.75) is 0 Å². The summed E-state index contributed by atoms with van der Waals surface area (Å²) >= 11 is 0. The molecule has 0 atom stereocenters. The zero-order chi connectivity index (χ0) is 58.1. The Balaban J connectivity index is 0.00000636. The summed E-state index contributed by atoms with van der Waals surface area (Å²) in [5.74, 6) is 29.6. The molecule has 0 saturated carbocycles. The molecule has 0 unspecified atom stereocenters. The van der Waals surface area contributed by atoms with Gasteiger partial charge in [-0.1, -0.05) is 217 Å². The first kappa shape index (κ1) is 52.8. The quantitative estimate of drug-likeness (QED) is 0.112. The summed E-state index contributed by atoms with van der Waals surface area (Å²) in [4.78, 5) is 23.9. The van der Waals surface area contributed by atoms with Crippen LogP contribution in [0.3, 0.4) is 0 Å². The maximum atomic E-state index is 5.97. The molecule has 2 aliphatic heterocycles. The monoisotopic (exact) mass is 1210 g/mol. The number of benzene rings is 12. The van der Waals surface area contributed by atoms with Crippen LogP contribution in [0.15, 0.2) is 267 Å². The summed E-state index contributed by atoms with van der Waals surface area (Å²) < 4.78 is 0. The van der Waals surface area contributed by atoms with Crippen LogP contribution in [0.2, 0.25) is 0 Å². The van der Waals surface area contributed by atoms with Gasteiger partial charge < -0.3 is 9.97 Å². The average molecular weight is 1220 g/mol. The summed E-state index contributed by atoms with van der Waals surface area (Å²) in [5.41, 5.74) is 15.1. The van der Waals surface area contributed by atoms with E-state index < -0.39 is 0 Å². The van der Waals surface area contributed by atoms with Crippen molar-refractivity contribution in [2.75, 3.05) is 0 Å². The van der Waals surface area contributed by atoms with Crippen LogP contribution in [-0.2, 0) is 20.4 Å². The van der Waals surface area contributed by atoms with E-state index in [9.17, 15) is 0 Å². The maximum Gasteiger partial charge on any atom is 2.00 e. The molecule has 0 N–H and O–H groups in total. The van der Waals surface area contributed by atoms with Crippen molar-refractivity contribution in [3.63, 3.8) is 0 Å². The summed E-state index contributed by atoms with van der Waals surface area (Å²) in [7, 11) is 0. The first-order valence-electron chi connectivity index (χ1n) is 29.4. The molecular weight excluding hydrogens is 1170 g/mol. The van der Waals surface area contributed by atoms with E-state index in [0.29, 0.717) is 67.1 Å². The van der Waals surface area contributed by atoms with Gasteiger partial charge >= 0.3 is 20.4 Å². The van der Waals surface area contributed by atoms with Gasteiger partial charge in [-0.15, -0.1) is 22.1 Å². The molecule has 0 radical (unpaired) electrons. The Bertz CT molecular complexity index is 5210. The van der Waals surface area contributed by atoms with E-state index in [1.54, 1.807) is 0 Å². The molecule has 12 aromatic carbocycles. The standard InChI is InChI=1S/C84H44N4.Pd/c1-5-21-53(22-6-1)37-41-65-77-69-45-57-29-13-15-31-59(57)47-71(69)79(85-77)66(42-38-54-23-7-2-8-24-54)81-73-49-61-33-17-19-35-63(61)51-75(73)83(87-81)68(44-40-56-27-11-4-12-28-56)84-76-52-64-36-20-18-34-62(64)50-74(76)82(88-84)67(43-39-55-25-9-3-10-26-55)80-72-48-60-32-16-14-30-58(60)46-70(72)78(65)86-80;/h1-36,45-52H;/q-2;+2. The van der Waals surface area contributed by atoms with Gasteiger partial charge in [-0.3, -0.25) is 0 Å². The van der Waals surface area contributed by atoms with Gasteiger partial charge in [0.05, 0.1) is 22.8 Å². The molecule has 3 aliphatic rings. The third kappa shape index (κ3) is 9.32. The third-order valence-corrected chi connectivity index (χ3v) is 16.8. The number of rotatable bonds is 0. The van der Waals surface area contributed by atoms with E-state index in [1.165, 1.54) is 0 Å². The fraction of sp³-hybridized carbons (Fsp3) is 0. The largest absolute Gasteiger partial charge is 2.00 e. The van der Waals surface area contributed by atoms with Crippen LogP contribution >= 0.6 is 0 Å². The zero-order valence-corrected chi connectivity index (χ0v) is 49.1. The van der Waals surface area contributed by atoms with Gasteiger partial charge in [0.15, 0.2) is 0 Å². The molecule has 4 nitrogen and oxygen atoms in total. The Morgan fingerprint density at radius 3 is 0.618 bits per heavy atom. The van der Waals surface area contributed by atoms with Crippen molar-refractivity contribution in [1.82, 2.24) is 19.9 Å². The fourth-order valence-corrected chi connectivity index (χ4v) is 12.5. The van der Waals surface area contributed by atoms with E-state index >= 15 is 0 Å². The molecule has 8 bridgehead atoms. The van der Waals surface area contributed by atoms with Crippen LogP contribution in [0.4, 0.5) is 0 Å². The van der Waals surface area contributed by atoms with Crippen LogP contribution in [0.25, 0.3) is 132 Å². The minimum Gasteiger partial charge on any atom is -0.655 e. The van der Waals surface area contributed by atoms with Crippen LogP contribution in [-0.4, -0.2) is 9.97 Å². The van der Waals surface area contributed by atoms with Gasteiger partial charge in [0, 0.05) is 66.8 Å². The van der Waals surface area contributed by atoms with E-state index in [4.69, 9.17) is 19.9 Å². The van der Waals surface area contributed by atoms with Gasteiger partial charge in [-0.25, -0.2) is 9.97 Å². The van der Waals surface area contributed by atoms with Crippen LogP contribution in [0, 0.1) is 47.4 Å². The Hall–Kier alpha value is -11.8. The topological polar surface area (TPSA) is 54.0 Å². The number of aromatic nitrogens is 4. The molecule has 0 fully saturated rings. The molecule has 0 amide bonds. The minimum absolute atomic E-state index is 0. The van der Waals surface area contributed by atoms with Gasteiger partial charge in [0.1, 0.15) is 0 Å². The van der Waals surface area contributed by atoms with E-state index in [0.717, 1.165) is 109 Å². The SMILES string of the molecule is C(#Cc1c2nc(c(C#Cc3ccccc3)c3[n-]c(c(C#Cc4ccccc4)c4nc(c(C#Cc5ccccc5)c5[n-]c1c1cc6ccccc6cc51)-c1cc5ccccc5cc1-4)c1cc4ccccc4cc31)-c1cc3ccccc3cc1-2)c1ccccc1.[Pd+2]. The Morgan fingerprint density at radius 2 is 0.404 bits per heavy atom. The predicted octanol–water partition coefficient (Wildman–Crippen LogP) is 18.8. The minimum atomic E-state index is 0. The molecule has 5 heteroatoms. The smallest absolute Gasteiger partial charge is 0.655 e. The van der Waals surface area contributed by atoms with Gasteiger partial charge in [-0.05, 0) is 162 Å². The second-order valence-electron chi connectivity index (χ2n) is 22.2. The molecule has 0 spiro atoms. The number of fused-ring (bicyclic) bond motifs is 4. The normalized spacial score (nSPS) is 11.1. The molecule has 89 heavy (non-hydrogen) atoms. The first-order valence-corrected chi connectivity index (χ1v) is 29.4. The third-order valence-electron chi connectivity index (χ3n) is 16.8. The maximum absolute atomic E-state index is 5.97. The van der Waals surface area contributed by atoms with Crippen molar-refractivity contribution < 1.29 is 20.4 Å².